The summed E-state index contributed by atoms with van der Waals surface area (Å²) in [5, 5.41) is 4.24. The first kappa shape index (κ1) is 21.5. The molecule has 2 atom stereocenters. The molecule has 4 aromatic rings. The number of amides is 1. The Labute approximate surface area is 188 Å². The average molecular weight is 429 g/mol. The molecule has 0 radical (unpaired) electrons. The third kappa shape index (κ3) is 4.33. The van der Waals surface area contributed by atoms with Crippen LogP contribution < -0.4 is 14.8 Å². The van der Waals surface area contributed by atoms with Gasteiger partial charge in [0, 0.05) is 35.0 Å². The molecule has 0 aliphatic carbocycles. The zero-order valence-electron chi connectivity index (χ0n) is 18.6. The van der Waals surface area contributed by atoms with Crippen molar-refractivity contribution < 1.29 is 14.3 Å². The molecule has 0 saturated carbocycles. The number of carbonyl (C=O) groups excluding carboxylic acids is 1. The van der Waals surface area contributed by atoms with Gasteiger partial charge in [-0.2, -0.15) is 0 Å². The van der Waals surface area contributed by atoms with Crippen molar-refractivity contribution in [3.63, 3.8) is 0 Å². The molecule has 0 unspecified atom stereocenters. The number of methoxy groups -OCH3 is 2. The first-order valence-corrected chi connectivity index (χ1v) is 10.7. The highest BCUT2D eigenvalue weighted by Crippen LogP contribution is 2.42. The summed E-state index contributed by atoms with van der Waals surface area (Å²) in [4.78, 5) is 16.5. The number of hydrogen-bond donors (Lipinski definition) is 2. The molecule has 1 heterocycles. The Bertz CT molecular complexity index is 1200. The van der Waals surface area contributed by atoms with Crippen LogP contribution in [-0.4, -0.2) is 25.1 Å². The molecule has 5 heteroatoms. The van der Waals surface area contributed by atoms with Crippen molar-refractivity contribution in [2.45, 2.75) is 25.3 Å². The second-order valence-electron chi connectivity index (χ2n) is 7.83. The Kier molecular flexibility index (Phi) is 6.45. The summed E-state index contributed by atoms with van der Waals surface area (Å²) in [6, 6.07) is 23.8. The molecule has 2 N–H and O–H groups in total. The molecule has 0 aliphatic rings. The largest absolute Gasteiger partial charge is 0.493 e. The number of aromatic amines is 1. The standard InChI is InChI=1S/C27H28N2O3/c1-18(19-10-5-4-6-11-19)29-26(30)16-22(21-13-9-15-25(31-2)27(21)32-3)23-17-28-24-14-8-7-12-20(23)24/h4-15,17-18,22,28H,16H2,1-3H3,(H,29,30)/t18-,22-/m0/s1. The van der Waals surface area contributed by atoms with Crippen molar-refractivity contribution in [3.8, 4) is 11.5 Å². The Hall–Kier alpha value is -3.73. The molecular formula is C27H28N2O3. The van der Waals surface area contributed by atoms with Gasteiger partial charge >= 0.3 is 0 Å². The molecule has 3 aromatic carbocycles. The highest BCUT2D eigenvalue weighted by molar-refractivity contribution is 5.86. The Morgan fingerprint density at radius 3 is 2.41 bits per heavy atom. The minimum atomic E-state index is -0.209. The maximum Gasteiger partial charge on any atom is 0.221 e. The number of nitrogens with one attached hydrogen (secondary N) is 2. The second-order valence-corrected chi connectivity index (χ2v) is 7.83. The van der Waals surface area contributed by atoms with E-state index >= 15 is 0 Å². The zero-order chi connectivity index (χ0) is 22.5. The number of hydrogen-bond acceptors (Lipinski definition) is 3. The molecule has 5 nitrogen and oxygen atoms in total. The minimum absolute atomic E-state index is 0.0264. The SMILES string of the molecule is COc1cccc([C@H](CC(=O)N[C@@H](C)c2ccccc2)c2c[nH]c3ccccc23)c1OC. The number of aromatic nitrogens is 1. The number of H-pyrrole nitrogens is 1. The van der Waals surface area contributed by atoms with Crippen LogP contribution >= 0.6 is 0 Å². The molecule has 0 aliphatic heterocycles. The summed E-state index contributed by atoms with van der Waals surface area (Å²) < 4.78 is 11.2. The average Bonchev–Trinajstić information content (AvgIpc) is 3.26. The van der Waals surface area contributed by atoms with E-state index in [1.807, 2.05) is 79.9 Å². The van der Waals surface area contributed by atoms with Gasteiger partial charge in [0.1, 0.15) is 0 Å². The molecule has 32 heavy (non-hydrogen) atoms. The second kappa shape index (κ2) is 9.60. The number of benzene rings is 3. The summed E-state index contributed by atoms with van der Waals surface area (Å²) in [5.74, 6) is 1.06. The van der Waals surface area contributed by atoms with E-state index in [0.717, 1.165) is 27.6 Å². The van der Waals surface area contributed by atoms with E-state index in [2.05, 4.69) is 16.4 Å². The van der Waals surface area contributed by atoms with Crippen LogP contribution in [-0.2, 0) is 4.79 Å². The first-order valence-electron chi connectivity index (χ1n) is 10.7. The minimum Gasteiger partial charge on any atom is -0.493 e. The first-order chi connectivity index (χ1) is 15.6. The summed E-state index contributed by atoms with van der Waals surface area (Å²) in [5.41, 5.74) is 4.07. The predicted octanol–water partition coefficient (Wildman–Crippen LogP) is 5.58. The van der Waals surface area contributed by atoms with Gasteiger partial charge in [0.15, 0.2) is 11.5 Å². The third-order valence-electron chi connectivity index (χ3n) is 5.87. The fraction of sp³-hybridized carbons (Fsp3) is 0.222. The van der Waals surface area contributed by atoms with Gasteiger partial charge in [-0.25, -0.2) is 0 Å². The van der Waals surface area contributed by atoms with E-state index in [-0.39, 0.29) is 24.3 Å². The summed E-state index contributed by atoms with van der Waals surface area (Å²) in [7, 11) is 3.25. The smallest absolute Gasteiger partial charge is 0.221 e. The molecule has 0 spiro atoms. The summed E-state index contributed by atoms with van der Waals surface area (Å²) in [6.07, 6.45) is 2.27. The molecule has 1 amide bonds. The molecule has 4 rings (SSSR count). The van der Waals surface area contributed by atoms with Crippen molar-refractivity contribution in [2.24, 2.45) is 0 Å². The van der Waals surface area contributed by atoms with E-state index in [9.17, 15) is 4.79 Å². The molecule has 0 saturated heterocycles. The molecular weight excluding hydrogens is 400 g/mol. The van der Waals surface area contributed by atoms with Gasteiger partial charge in [-0.15, -0.1) is 0 Å². The fourth-order valence-electron chi connectivity index (χ4n) is 4.27. The number of carbonyl (C=O) groups is 1. The van der Waals surface area contributed by atoms with E-state index in [1.54, 1.807) is 14.2 Å². The highest BCUT2D eigenvalue weighted by atomic mass is 16.5. The van der Waals surface area contributed by atoms with Crippen molar-refractivity contribution >= 4 is 16.8 Å². The molecule has 164 valence electrons. The third-order valence-corrected chi connectivity index (χ3v) is 5.87. The van der Waals surface area contributed by atoms with Crippen LogP contribution in [0.4, 0.5) is 0 Å². The van der Waals surface area contributed by atoms with Crippen molar-refractivity contribution in [3.05, 3.63) is 95.7 Å². The van der Waals surface area contributed by atoms with Crippen LogP contribution in [0.25, 0.3) is 10.9 Å². The van der Waals surface area contributed by atoms with Crippen LogP contribution in [0.1, 0.15) is 42.0 Å². The van der Waals surface area contributed by atoms with Gasteiger partial charge in [-0.05, 0) is 30.2 Å². The fourth-order valence-corrected chi connectivity index (χ4v) is 4.27. The number of fused-ring (bicyclic) bond motifs is 1. The highest BCUT2D eigenvalue weighted by Gasteiger charge is 2.26. The molecule has 1 aromatic heterocycles. The zero-order valence-corrected chi connectivity index (χ0v) is 18.6. The maximum absolute atomic E-state index is 13.2. The lowest BCUT2D eigenvalue weighted by molar-refractivity contribution is -0.121. The lowest BCUT2D eigenvalue weighted by Crippen LogP contribution is -2.28. The Morgan fingerprint density at radius 2 is 1.66 bits per heavy atom. The topological polar surface area (TPSA) is 63.3 Å². The van der Waals surface area contributed by atoms with Gasteiger partial charge in [0.05, 0.1) is 20.3 Å². The number of ether oxygens (including phenoxy) is 2. The predicted molar refractivity (Wildman–Crippen MR) is 127 cm³/mol. The van der Waals surface area contributed by atoms with E-state index in [0.29, 0.717) is 11.5 Å². The Balaban J connectivity index is 1.71. The van der Waals surface area contributed by atoms with Gasteiger partial charge in [0.25, 0.3) is 0 Å². The lowest BCUT2D eigenvalue weighted by Gasteiger charge is -2.22. The molecule has 0 bridgehead atoms. The monoisotopic (exact) mass is 428 g/mol. The molecule has 0 fully saturated rings. The van der Waals surface area contributed by atoms with Crippen molar-refractivity contribution in [1.29, 1.82) is 0 Å². The van der Waals surface area contributed by atoms with Crippen LogP contribution in [0.2, 0.25) is 0 Å². The van der Waals surface area contributed by atoms with Gasteiger partial charge in [0.2, 0.25) is 5.91 Å². The normalized spacial score (nSPS) is 12.8. The van der Waals surface area contributed by atoms with Gasteiger partial charge in [-0.1, -0.05) is 60.7 Å². The van der Waals surface area contributed by atoms with Crippen molar-refractivity contribution in [1.82, 2.24) is 10.3 Å². The quantitative estimate of drug-likeness (QED) is 0.385. The van der Waals surface area contributed by atoms with Crippen LogP contribution in [0.5, 0.6) is 11.5 Å². The number of rotatable bonds is 8. The van der Waals surface area contributed by atoms with Gasteiger partial charge < -0.3 is 19.8 Å². The van der Waals surface area contributed by atoms with Crippen LogP contribution in [0.15, 0.2) is 79.0 Å². The summed E-state index contributed by atoms with van der Waals surface area (Å²) in [6.45, 7) is 2.00. The maximum atomic E-state index is 13.2. The van der Waals surface area contributed by atoms with E-state index < -0.39 is 0 Å². The van der Waals surface area contributed by atoms with Gasteiger partial charge in [-0.3, -0.25) is 4.79 Å². The lowest BCUT2D eigenvalue weighted by atomic mass is 9.87. The van der Waals surface area contributed by atoms with E-state index in [1.165, 1.54) is 0 Å². The van der Waals surface area contributed by atoms with Crippen molar-refractivity contribution in [2.75, 3.05) is 14.2 Å². The number of para-hydroxylation sites is 2. The summed E-state index contributed by atoms with van der Waals surface area (Å²) >= 11 is 0. The van der Waals surface area contributed by atoms with Crippen LogP contribution in [0.3, 0.4) is 0 Å². The Morgan fingerprint density at radius 1 is 0.906 bits per heavy atom. The van der Waals surface area contributed by atoms with E-state index in [4.69, 9.17) is 9.47 Å². The van der Waals surface area contributed by atoms with Crippen LogP contribution in [0, 0.1) is 0 Å².